The Labute approximate surface area is 119 Å². The Morgan fingerprint density at radius 2 is 1.76 bits per heavy atom. The van der Waals surface area contributed by atoms with E-state index in [1.54, 1.807) is 0 Å². The van der Waals surface area contributed by atoms with E-state index in [4.69, 9.17) is 14.6 Å². The largest absolute Gasteiger partial charge is 0.462 e. The fraction of sp³-hybridized carbons (Fsp3) is 0.500. The van der Waals surface area contributed by atoms with Gasteiger partial charge >= 0.3 is 0 Å². The lowest BCUT2D eigenvalue weighted by Crippen LogP contribution is -2.60. The Hall–Kier alpha value is -1.78. The van der Waals surface area contributed by atoms with Crippen molar-refractivity contribution in [3.8, 4) is 5.75 Å². The minimum atomic E-state index is -1.54. The van der Waals surface area contributed by atoms with Gasteiger partial charge in [0.25, 0.3) is 5.69 Å². The quantitative estimate of drug-likeness (QED) is 0.400. The van der Waals surface area contributed by atoms with Crippen LogP contribution in [0.5, 0.6) is 5.75 Å². The van der Waals surface area contributed by atoms with Crippen LogP contribution in [0.25, 0.3) is 0 Å². The van der Waals surface area contributed by atoms with Crippen LogP contribution < -0.4 is 4.74 Å². The van der Waals surface area contributed by atoms with Crippen molar-refractivity contribution in [2.45, 2.75) is 30.7 Å². The van der Waals surface area contributed by atoms with E-state index >= 15 is 0 Å². The van der Waals surface area contributed by atoms with E-state index < -0.39 is 42.2 Å². The molecule has 21 heavy (non-hydrogen) atoms. The van der Waals surface area contributed by atoms with Crippen LogP contribution in [0.15, 0.2) is 24.3 Å². The van der Waals surface area contributed by atoms with Gasteiger partial charge in [0.15, 0.2) is 0 Å². The van der Waals surface area contributed by atoms with Gasteiger partial charge in [-0.2, -0.15) is 0 Å². The van der Waals surface area contributed by atoms with E-state index in [0.29, 0.717) is 0 Å². The van der Waals surface area contributed by atoms with Gasteiger partial charge < -0.3 is 29.9 Å². The van der Waals surface area contributed by atoms with Crippen LogP contribution in [-0.2, 0) is 4.74 Å². The third kappa shape index (κ3) is 3.28. The minimum Gasteiger partial charge on any atom is -0.462 e. The van der Waals surface area contributed by atoms with E-state index in [-0.39, 0.29) is 11.4 Å². The van der Waals surface area contributed by atoms with Gasteiger partial charge in [-0.3, -0.25) is 10.1 Å². The van der Waals surface area contributed by atoms with Crippen LogP contribution in [-0.4, -0.2) is 62.7 Å². The monoisotopic (exact) mass is 301 g/mol. The van der Waals surface area contributed by atoms with E-state index in [1.165, 1.54) is 24.3 Å². The molecule has 0 bridgehead atoms. The second-order valence-electron chi connectivity index (χ2n) is 4.57. The zero-order valence-corrected chi connectivity index (χ0v) is 10.8. The first kappa shape index (κ1) is 15.6. The molecule has 9 heteroatoms. The van der Waals surface area contributed by atoms with Gasteiger partial charge in [0.2, 0.25) is 6.29 Å². The molecule has 0 aromatic heterocycles. The summed E-state index contributed by atoms with van der Waals surface area (Å²) in [4.78, 5) is 9.95. The highest BCUT2D eigenvalue weighted by molar-refractivity contribution is 5.36. The lowest BCUT2D eigenvalue weighted by molar-refractivity contribution is -0.384. The fourth-order valence-corrected chi connectivity index (χ4v) is 1.95. The highest BCUT2D eigenvalue weighted by Gasteiger charge is 2.44. The lowest BCUT2D eigenvalue weighted by atomic mass is 9.99. The fourth-order valence-electron chi connectivity index (χ4n) is 1.95. The van der Waals surface area contributed by atoms with Crippen molar-refractivity contribution in [2.75, 3.05) is 6.61 Å². The number of rotatable bonds is 4. The van der Waals surface area contributed by atoms with Crippen LogP contribution in [0.2, 0.25) is 0 Å². The third-order valence-electron chi connectivity index (χ3n) is 3.15. The summed E-state index contributed by atoms with van der Waals surface area (Å²) in [5.41, 5.74) is -0.129. The van der Waals surface area contributed by atoms with Crippen LogP contribution >= 0.6 is 0 Å². The second-order valence-corrected chi connectivity index (χ2v) is 4.57. The standard InChI is InChI=1S/C12H15NO8/c14-5-8-9(15)10(16)11(17)12(21-8)20-7-3-1-6(2-4-7)13(18)19/h1-4,8-12,14-17H,5H2/t8-,9-,10-,11+,12+/m1/s1. The molecular weight excluding hydrogens is 286 g/mol. The molecule has 0 aliphatic carbocycles. The summed E-state index contributed by atoms with van der Waals surface area (Å²) < 4.78 is 10.4. The number of hydrogen-bond acceptors (Lipinski definition) is 8. The normalized spacial score (nSPS) is 32.7. The molecule has 1 saturated heterocycles. The van der Waals surface area contributed by atoms with Gasteiger partial charge in [0.1, 0.15) is 30.2 Å². The Balaban J connectivity index is 2.08. The number of nitro groups is 1. The van der Waals surface area contributed by atoms with Crippen molar-refractivity contribution < 1.29 is 34.8 Å². The second kappa shape index (κ2) is 6.33. The summed E-state index contributed by atoms with van der Waals surface area (Å²) >= 11 is 0. The SMILES string of the molecule is O=[N+]([O-])c1ccc(O[C@H]2O[C@H](CO)[C@@H](O)[C@@H](O)[C@@H]2O)cc1. The summed E-state index contributed by atoms with van der Waals surface area (Å²) in [7, 11) is 0. The summed E-state index contributed by atoms with van der Waals surface area (Å²) in [5.74, 6) is 0.171. The van der Waals surface area contributed by atoms with Crippen LogP contribution in [0.1, 0.15) is 0 Å². The maximum atomic E-state index is 10.5. The molecule has 4 N–H and O–H groups in total. The first-order valence-electron chi connectivity index (χ1n) is 6.15. The molecule has 2 rings (SSSR count). The lowest BCUT2D eigenvalue weighted by Gasteiger charge is -2.39. The maximum Gasteiger partial charge on any atom is 0.269 e. The Morgan fingerprint density at radius 1 is 1.14 bits per heavy atom. The van der Waals surface area contributed by atoms with Crippen molar-refractivity contribution in [3.05, 3.63) is 34.4 Å². The average molecular weight is 301 g/mol. The van der Waals surface area contributed by atoms with Crippen LogP contribution in [0.4, 0.5) is 5.69 Å². The smallest absolute Gasteiger partial charge is 0.269 e. The van der Waals surface area contributed by atoms with E-state index in [2.05, 4.69) is 0 Å². The molecule has 0 saturated carbocycles. The number of nitro benzene ring substituents is 1. The van der Waals surface area contributed by atoms with Crippen molar-refractivity contribution in [3.63, 3.8) is 0 Å². The number of hydrogen-bond donors (Lipinski definition) is 4. The third-order valence-corrected chi connectivity index (χ3v) is 3.15. The van der Waals surface area contributed by atoms with E-state index in [1.807, 2.05) is 0 Å². The molecule has 0 unspecified atom stereocenters. The van der Waals surface area contributed by atoms with E-state index in [9.17, 15) is 25.4 Å². The number of nitrogens with zero attached hydrogens (tertiary/aromatic N) is 1. The van der Waals surface area contributed by atoms with Crippen molar-refractivity contribution in [2.24, 2.45) is 0 Å². The number of benzene rings is 1. The highest BCUT2D eigenvalue weighted by atomic mass is 16.7. The average Bonchev–Trinajstić information content (AvgIpc) is 2.48. The summed E-state index contributed by atoms with van der Waals surface area (Å²) in [6, 6.07) is 5.03. The molecule has 0 spiro atoms. The van der Waals surface area contributed by atoms with Gasteiger partial charge in [0.05, 0.1) is 11.5 Å². The molecule has 1 aromatic rings. The summed E-state index contributed by atoms with van der Waals surface area (Å²) in [6.07, 6.45) is -6.94. The maximum absolute atomic E-state index is 10.5. The molecule has 9 nitrogen and oxygen atoms in total. The number of aliphatic hydroxyl groups is 4. The predicted octanol–water partition coefficient (Wildman–Crippen LogP) is -1.23. The molecule has 116 valence electrons. The zero-order chi connectivity index (χ0) is 15.6. The van der Waals surface area contributed by atoms with Gasteiger partial charge in [-0.05, 0) is 12.1 Å². The molecule has 0 radical (unpaired) electrons. The van der Waals surface area contributed by atoms with Gasteiger partial charge in [-0.15, -0.1) is 0 Å². The molecule has 1 aromatic carbocycles. The molecule has 1 heterocycles. The topological polar surface area (TPSA) is 143 Å². The van der Waals surface area contributed by atoms with Gasteiger partial charge in [-0.1, -0.05) is 0 Å². The van der Waals surface area contributed by atoms with Crippen LogP contribution in [0, 0.1) is 10.1 Å². The summed E-state index contributed by atoms with van der Waals surface area (Å²) in [6.45, 7) is -0.564. The molecule has 1 fully saturated rings. The Morgan fingerprint density at radius 3 is 2.29 bits per heavy atom. The number of aliphatic hydroxyl groups excluding tert-OH is 4. The van der Waals surface area contributed by atoms with Crippen molar-refractivity contribution >= 4 is 5.69 Å². The van der Waals surface area contributed by atoms with Gasteiger partial charge in [0, 0.05) is 12.1 Å². The Bertz CT molecular complexity index is 491. The zero-order valence-electron chi connectivity index (χ0n) is 10.8. The number of ether oxygens (including phenoxy) is 2. The van der Waals surface area contributed by atoms with Gasteiger partial charge in [-0.25, -0.2) is 0 Å². The first-order valence-corrected chi connectivity index (χ1v) is 6.15. The predicted molar refractivity (Wildman–Crippen MR) is 67.5 cm³/mol. The minimum absolute atomic E-state index is 0.129. The molecule has 0 amide bonds. The molecule has 1 aliphatic rings. The molecular formula is C12H15NO8. The number of non-ortho nitro benzene ring substituents is 1. The van der Waals surface area contributed by atoms with Crippen molar-refractivity contribution in [1.82, 2.24) is 0 Å². The van der Waals surface area contributed by atoms with Crippen LogP contribution in [0.3, 0.4) is 0 Å². The van der Waals surface area contributed by atoms with E-state index in [0.717, 1.165) is 0 Å². The Kier molecular flexibility index (Phi) is 4.70. The first-order chi connectivity index (χ1) is 9.93. The molecule has 1 aliphatic heterocycles. The van der Waals surface area contributed by atoms with Crippen molar-refractivity contribution in [1.29, 1.82) is 0 Å². The highest BCUT2D eigenvalue weighted by Crippen LogP contribution is 2.25. The molecule has 5 atom stereocenters. The summed E-state index contributed by atoms with van der Waals surface area (Å²) in [5, 5.41) is 48.6.